The van der Waals surface area contributed by atoms with Gasteiger partial charge in [0.05, 0.1) is 0 Å². The summed E-state index contributed by atoms with van der Waals surface area (Å²) in [7, 11) is 0. The Morgan fingerprint density at radius 1 is 1.14 bits per heavy atom. The van der Waals surface area contributed by atoms with Crippen molar-refractivity contribution in [2.75, 3.05) is 6.54 Å². The van der Waals surface area contributed by atoms with E-state index >= 15 is 0 Å². The topological polar surface area (TPSA) is 12.0 Å². The molecule has 1 atom stereocenters. The number of hydrogen-bond acceptors (Lipinski definition) is 1. The molecule has 1 nitrogen and oxygen atoms in total. The summed E-state index contributed by atoms with van der Waals surface area (Å²) in [5.41, 5.74) is 4.40. The second kappa shape index (κ2) is 4.14. The van der Waals surface area contributed by atoms with Crippen LogP contribution in [0.1, 0.15) is 42.0 Å². The molecule has 1 N–H and O–H groups in total. The summed E-state index contributed by atoms with van der Waals surface area (Å²) in [4.78, 5) is 0. The molecule has 14 heavy (non-hydrogen) atoms. The monoisotopic (exact) mass is 189 g/mol. The van der Waals surface area contributed by atoms with Crippen LogP contribution in [0, 0.1) is 13.8 Å². The van der Waals surface area contributed by atoms with Crippen molar-refractivity contribution in [1.82, 2.24) is 5.32 Å². The minimum absolute atomic E-state index is 0.602. The van der Waals surface area contributed by atoms with Gasteiger partial charge in [0.25, 0.3) is 0 Å². The average Bonchev–Trinajstić information content (AvgIpc) is 2.19. The fraction of sp³-hybridized carbons (Fsp3) is 0.538. The first-order valence-electron chi connectivity index (χ1n) is 5.58. The lowest BCUT2D eigenvalue weighted by Crippen LogP contribution is -2.27. The molecule has 0 bridgehead atoms. The summed E-state index contributed by atoms with van der Waals surface area (Å²) in [6.45, 7) is 5.62. The number of benzene rings is 1. The minimum Gasteiger partial charge on any atom is -0.310 e. The van der Waals surface area contributed by atoms with Gasteiger partial charge < -0.3 is 5.32 Å². The molecule has 0 saturated carbocycles. The zero-order valence-corrected chi connectivity index (χ0v) is 9.14. The van der Waals surface area contributed by atoms with Gasteiger partial charge in [0.1, 0.15) is 0 Å². The first kappa shape index (κ1) is 9.72. The Morgan fingerprint density at radius 2 is 1.86 bits per heavy atom. The Balaban J connectivity index is 2.29. The van der Waals surface area contributed by atoms with Crippen LogP contribution in [0.5, 0.6) is 0 Å². The highest BCUT2D eigenvalue weighted by atomic mass is 14.9. The maximum absolute atomic E-state index is 3.62. The van der Waals surface area contributed by atoms with E-state index in [2.05, 4.69) is 37.4 Å². The molecule has 1 saturated heterocycles. The third-order valence-electron chi connectivity index (χ3n) is 3.20. The van der Waals surface area contributed by atoms with Crippen LogP contribution < -0.4 is 5.32 Å². The fourth-order valence-corrected chi connectivity index (χ4v) is 2.48. The van der Waals surface area contributed by atoms with Crippen molar-refractivity contribution in [2.45, 2.75) is 39.2 Å². The highest BCUT2D eigenvalue weighted by Gasteiger charge is 2.17. The molecule has 1 fully saturated rings. The van der Waals surface area contributed by atoms with Gasteiger partial charge in [-0.3, -0.25) is 0 Å². The second-order valence-electron chi connectivity index (χ2n) is 4.31. The molecule has 1 aromatic rings. The lowest BCUT2D eigenvalue weighted by molar-refractivity contribution is 0.410. The molecular weight excluding hydrogens is 170 g/mol. The Labute approximate surface area is 86.5 Å². The zero-order chi connectivity index (χ0) is 9.97. The number of aryl methyl sites for hydroxylation is 2. The van der Waals surface area contributed by atoms with Crippen molar-refractivity contribution in [2.24, 2.45) is 0 Å². The Hall–Kier alpha value is -0.820. The quantitative estimate of drug-likeness (QED) is 0.715. The number of hydrogen-bond donors (Lipinski definition) is 1. The summed E-state index contributed by atoms with van der Waals surface area (Å²) in [6, 6.07) is 7.19. The first-order valence-corrected chi connectivity index (χ1v) is 5.58. The summed E-state index contributed by atoms with van der Waals surface area (Å²) < 4.78 is 0. The van der Waals surface area contributed by atoms with Crippen molar-refractivity contribution >= 4 is 0 Å². The van der Waals surface area contributed by atoms with Crippen molar-refractivity contribution < 1.29 is 0 Å². The molecule has 1 aliphatic heterocycles. The van der Waals surface area contributed by atoms with Crippen LogP contribution in [0.4, 0.5) is 0 Å². The molecule has 1 aromatic carbocycles. The van der Waals surface area contributed by atoms with E-state index < -0.39 is 0 Å². The van der Waals surface area contributed by atoms with Crippen molar-refractivity contribution in [3.8, 4) is 0 Å². The highest BCUT2D eigenvalue weighted by molar-refractivity contribution is 5.36. The third-order valence-corrected chi connectivity index (χ3v) is 3.20. The molecule has 1 heteroatoms. The summed E-state index contributed by atoms with van der Waals surface area (Å²) in [6.07, 6.45) is 4.00. The number of rotatable bonds is 1. The van der Waals surface area contributed by atoms with Crippen LogP contribution in [0.2, 0.25) is 0 Å². The molecule has 0 amide bonds. The normalized spacial score (nSPS) is 22.3. The number of piperidine rings is 1. The maximum atomic E-state index is 3.62. The predicted octanol–water partition coefficient (Wildman–Crippen LogP) is 3.12. The molecule has 76 valence electrons. The largest absolute Gasteiger partial charge is 0.310 e. The molecule has 0 spiro atoms. The van der Waals surface area contributed by atoms with Crippen LogP contribution in [0.25, 0.3) is 0 Å². The number of nitrogens with one attached hydrogen (secondary N) is 1. The van der Waals surface area contributed by atoms with Crippen LogP contribution in [-0.4, -0.2) is 6.54 Å². The van der Waals surface area contributed by atoms with E-state index in [0.717, 1.165) is 0 Å². The third kappa shape index (κ3) is 1.83. The zero-order valence-electron chi connectivity index (χ0n) is 9.14. The molecule has 1 aliphatic rings. The van der Waals surface area contributed by atoms with E-state index in [1.54, 1.807) is 0 Å². The van der Waals surface area contributed by atoms with E-state index in [1.807, 2.05) is 0 Å². The average molecular weight is 189 g/mol. The van der Waals surface area contributed by atoms with Gasteiger partial charge in [-0.2, -0.15) is 0 Å². The molecule has 0 aromatic heterocycles. The predicted molar refractivity (Wildman–Crippen MR) is 60.5 cm³/mol. The Morgan fingerprint density at radius 3 is 2.43 bits per heavy atom. The van der Waals surface area contributed by atoms with Crippen molar-refractivity contribution in [1.29, 1.82) is 0 Å². The smallest absolute Gasteiger partial charge is 0.0325 e. The summed E-state index contributed by atoms with van der Waals surface area (Å²) >= 11 is 0. The van der Waals surface area contributed by atoms with E-state index in [-0.39, 0.29) is 0 Å². The van der Waals surface area contributed by atoms with Gasteiger partial charge in [0, 0.05) is 6.04 Å². The molecule has 0 radical (unpaired) electrons. The van der Waals surface area contributed by atoms with Gasteiger partial charge in [-0.05, 0) is 49.9 Å². The first-order chi connectivity index (χ1) is 6.79. The maximum Gasteiger partial charge on any atom is 0.0325 e. The van der Waals surface area contributed by atoms with Gasteiger partial charge in [-0.15, -0.1) is 0 Å². The Bertz CT molecular complexity index is 291. The minimum atomic E-state index is 0.602. The molecule has 0 aliphatic carbocycles. The highest BCUT2D eigenvalue weighted by Crippen LogP contribution is 2.27. The van der Waals surface area contributed by atoms with Crippen molar-refractivity contribution in [3.05, 3.63) is 34.9 Å². The van der Waals surface area contributed by atoms with E-state index in [4.69, 9.17) is 0 Å². The standard InChI is InChI=1S/C13H19N/c1-10-6-5-7-11(2)13(10)12-8-3-4-9-14-12/h5-7,12,14H,3-4,8-9H2,1-2H3/t12-/m1/s1. The molecular formula is C13H19N. The van der Waals surface area contributed by atoms with Gasteiger partial charge >= 0.3 is 0 Å². The molecule has 0 unspecified atom stereocenters. The van der Waals surface area contributed by atoms with Crippen LogP contribution >= 0.6 is 0 Å². The van der Waals surface area contributed by atoms with Gasteiger partial charge in [0.2, 0.25) is 0 Å². The van der Waals surface area contributed by atoms with E-state index in [1.165, 1.54) is 42.5 Å². The second-order valence-corrected chi connectivity index (χ2v) is 4.31. The van der Waals surface area contributed by atoms with Crippen LogP contribution in [-0.2, 0) is 0 Å². The Kier molecular flexibility index (Phi) is 2.87. The molecule has 2 rings (SSSR count). The van der Waals surface area contributed by atoms with Gasteiger partial charge in [-0.25, -0.2) is 0 Å². The van der Waals surface area contributed by atoms with Gasteiger partial charge in [-0.1, -0.05) is 24.6 Å². The lowest BCUT2D eigenvalue weighted by atomic mass is 9.91. The molecule has 1 heterocycles. The van der Waals surface area contributed by atoms with E-state index in [9.17, 15) is 0 Å². The fourth-order valence-electron chi connectivity index (χ4n) is 2.48. The van der Waals surface area contributed by atoms with Crippen LogP contribution in [0.3, 0.4) is 0 Å². The lowest BCUT2D eigenvalue weighted by Gasteiger charge is -2.26. The van der Waals surface area contributed by atoms with Crippen LogP contribution in [0.15, 0.2) is 18.2 Å². The van der Waals surface area contributed by atoms with E-state index in [0.29, 0.717) is 6.04 Å². The van der Waals surface area contributed by atoms with Gasteiger partial charge in [0.15, 0.2) is 0 Å². The van der Waals surface area contributed by atoms with Crippen molar-refractivity contribution in [3.63, 3.8) is 0 Å². The summed E-state index contributed by atoms with van der Waals surface area (Å²) in [5.74, 6) is 0. The summed E-state index contributed by atoms with van der Waals surface area (Å²) in [5, 5.41) is 3.62. The SMILES string of the molecule is Cc1cccc(C)c1[C@H]1CCCCN1.